The van der Waals surface area contributed by atoms with Gasteiger partial charge in [0, 0.05) is 20.1 Å². The summed E-state index contributed by atoms with van der Waals surface area (Å²) in [5.41, 5.74) is 6.02. The molecule has 5 N–H and O–H groups in total. The molecule has 44 heavy (non-hydrogen) atoms. The van der Waals surface area contributed by atoms with Gasteiger partial charge in [-0.1, -0.05) is 0 Å². The van der Waals surface area contributed by atoms with Gasteiger partial charge < -0.3 is 29.8 Å². The van der Waals surface area contributed by atoms with Crippen LogP contribution < -0.4 is 16.0 Å². The predicted octanol–water partition coefficient (Wildman–Crippen LogP) is -1.52. The molecule has 7 rings (SSSR count). The first-order chi connectivity index (χ1) is 21.0. The number of phosphoric acid groups is 1. The van der Waals surface area contributed by atoms with Crippen molar-refractivity contribution < 1.29 is 45.3 Å². The SMILES string of the molecule is COC1C2COP(=O)(O)OC3CC(n4cnc5c(N)ncnc54)OC3CNS(=O)(=O)OC1C(n1cnc3c(=O)[nH]cnc31)O2. The van der Waals surface area contributed by atoms with Gasteiger partial charge in [0.2, 0.25) is 0 Å². The van der Waals surface area contributed by atoms with Gasteiger partial charge in [0.15, 0.2) is 35.0 Å². The Labute approximate surface area is 246 Å². The Morgan fingerprint density at radius 2 is 1.84 bits per heavy atom. The third-order valence-corrected chi connectivity index (χ3v) is 9.45. The molecule has 0 radical (unpaired) electrons. The van der Waals surface area contributed by atoms with Crippen molar-refractivity contribution in [3.05, 3.63) is 35.7 Å². The molecule has 7 heterocycles. The molecular formula is C21H25N10O11PS. The number of anilines is 1. The highest BCUT2D eigenvalue weighted by Crippen LogP contribution is 2.49. The van der Waals surface area contributed by atoms with Gasteiger partial charge >= 0.3 is 18.1 Å². The normalized spacial score (nSPS) is 34.4. The number of aromatic nitrogens is 8. The summed E-state index contributed by atoms with van der Waals surface area (Å²) in [6.45, 7) is -1.00. The van der Waals surface area contributed by atoms with E-state index in [9.17, 15) is 22.7 Å². The van der Waals surface area contributed by atoms with Crippen molar-refractivity contribution in [2.75, 3.05) is 26.0 Å². The van der Waals surface area contributed by atoms with Gasteiger partial charge in [-0.2, -0.15) is 13.1 Å². The molecule has 3 saturated heterocycles. The van der Waals surface area contributed by atoms with Crippen LogP contribution in [0.25, 0.3) is 22.3 Å². The zero-order valence-corrected chi connectivity index (χ0v) is 24.3. The highest BCUT2D eigenvalue weighted by atomic mass is 32.2. The summed E-state index contributed by atoms with van der Waals surface area (Å²) in [4.78, 5) is 45.7. The lowest BCUT2D eigenvalue weighted by molar-refractivity contribution is -0.0569. The number of nitrogens with one attached hydrogen (secondary N) is 2. The first kappa shape index (κ1) is 29.3. The summed E-state index contributed by atoms with van der Waals surface area (Å²) >= 11 is 0. The number of rotatable bonds is 3. The third-order valence-electron chi connectivity index (χ3n) is 7.44. The monoisotopic (exact) mass is 656 g/mol. The number of nitrogens with two attached hydrogens (primary N) is 1. The molecule has 0 aliphatic carbocycles. The Kier molecular flexibility index (Phi) is 7.23. The lowest BCUT2D eigenvalue weighted by Crippen LogP contribution is -2.43. The molecule has 0 amide bonds. The lowest BCUT2D eigenvalue weighted by Gasteiger charge is -2.24. The summed E-state index contributed by atoms with van der Waals surface area (Å²) in [5.74, 6) is 0.138. The van der Waals surface area contributed by atoms with Crippen LogP contribution >= 0.6 is 7.82 Å². The fraction of sp³-hybridized carbons (Fsp3) is 0.524. The van der Waals surface area contributed by atoms with Gasteiger partial charge in [0.1, 0.15) is 42.5 Å². The number of hydrogen-bond acceptors (Lipinski definition) is 16. The molecule has 0 spiro atoms. The standard InChI is InChI=1S/C21H25N10O11PS/c1-37-15-11-4-38-43(33,34)41-9-2-12(30-7-27-13-17(22)23-5-24-18(13)30)39-10(9)3-29-44(35,36)42-16(15)21(40-11)31-8-28-14-19(31)25-6-26-20(14)32/h5-12,15-16,21,29H,2-4H2,1H3,(H,33,34)(H2,22,23,24)(H,25,26,32). The first-order valence-electron chi connectivity index (χ1n) is 13.0. The van der Waals surface area contributed by atoms with Gasteiger partial charge in [0.05, 0.1) is 25.6 Å². The lowest BCUT2D eigenvalue weighted by atomic mass is 10.1. The number of phosphoric ester groups is 1. The molecule has 23 heteroatoms. The maximum atomic E-state index is 13.3. The zero-order valence-electron chi connectivity index (χ0n) is 22.6. The first-order valence-corrected chi connectivity index (χ1v) is 15.9. The fourth-order valence-corrected chi connectivity index (χ4v) is 7.38. The molecule has 4 aromatic heterocycles. The summed E-state index contributed by atoms with van der Waals surface area (Å²) in [7, 11) is -8.07. The summed E-state index contributed by atoms with van der Waals surface area (Å²) in [6.07, 6.45) is -2.98. The number of H-pyrrole nitrogens is 1. The number of nitrogen functional groups attached to an aromatic ring is 1. The molecule has 0 saturated carbocycles. The van der Waals surface area contributed by atoms with E-state index in [4.69, 9.17) is 33.2 Å². The van der Waals surface area contributed by atoms with E-state index in [1.54, 1.807) is 0 Å². The number of methoxy groups -OCH3 is 1. The minimum atomic E-state index is -4.79. The number of aromatic amines is 1. The number of fused-ring (bicyclic) bond motifs is 5. The molecular weight excluding hydrogens is 631 g/mol. The molecule has 0 aromatic carbocycles. The van der Waals surface area contributed by atoms with Crippen molar-refractivity contribution in [1.82, 2.24) is 43.8 Å². The highest BCUT2D eigenvalue weighted by molar-refractivity contribution is 7.84. The highest BCUT2D eigenvalue weighted by Gasteiger charge is 2.51. The largest absolute Gasteiger partial charge is 0.472 e. The molecule has 4 aromatic rings. The minimum Gasteiger partial charge on any atom is -0.382 e. The fourth-order valence-electron chi connectivity index (χ4n) is 5.48. The average Bonchev–Trinajstić information content (AvgIpc) is 3.75. The minimum absolute atomic E-state index is 0.0122. The van der Waals surface area contributed by atoms with Crippen LogP contribution in [0.4, 0.5) is 5.82 Å². The summed E-state index contributed by atoms with van der Waals surface area (Å²) in [6, 6.07) is 0. The molecule has 2 bridgehead atoms. The van der Waals surface area contributed by atoms with Crippen LogP contribution in [0, 0.1) is 0 Å². The Balaban J connectivity index is 1.20. The molecule has 8 atom stereocenters. The smallest absolute Gasteiger partial charge is 0.382 e. The van der Waals surface area contributed by atoms with E-state index in [-0.39, 0.29) is 23.4 Å². The van der Waals surface area contributed by atoms with Crippen LogP contribution in [0.1, 0.15) is 18.9 Å². The molecule has 8 unspecified atom stereocenters. The van der Waals surface area contributed by atoms with Gasteiger partial charge in [-0.3, -0.25) is 23.0 Å². The van der Waals surface area contributed by atoms with Crippen molar-refractivity contribution in [1.29, 1.82) is 0 Å². The Morgan fingerprint density at radius 3 is 2.66 bits per heavy atom. The number of ether oxygens (including phenoxy) is 3. The summed E-state index contributed by atoms with van der Waals surface area (Å²) in [5, 5.41) is 0. The maximum Gasteiger partial charge on any atom is 0.472 e. The zero-order chi connectivity index (χ0) is 30.8. The van der Waals surface area contributed by atoms with E-state index in [1.165, 1.54) is 35.2 Å². The third kappa shape index (κ3) is 5.17. The van der Waals surface area contributed by atoms with E-state index < -0.39 is 79.8 Å². The van der Waals surface area contributed by atoms with Gasteiger partial charge in [0.25, 0.3) is 5.56 Å². The molecule has 21 nitrogen and oxygen atoms in total. The van der Waals surface area contributed by atoms with Crippen LogP contribution in [0.15, 0.2) is 30.1 Å². The van der Waals surface area contributed by atoms with Crippen molar-refractivity contribution in [3.8, 4) is 0 Å². The summed E-state index contributed by atoms with van der Waals surface area (Å²) < 4.78 is 78.7. The molecule has 236 valence electrons. The van der Waals surface area contributed by atoms with E-state index in [1.807, 2.05) is 0 Å². The second-order valence-electron chi connectivity index (χ2n) is 10.0. The Hall–Kier alpha value is -3.44. The van der Waals surface area contributed by atoms with E-state index in [2.05, 4.69) is 34.6 Å². The van der Waals surface area contributed by atoms with Crippen LogP contribution in [-0.4, -0.2) is 103 Å². The van der Waals surface area contributed by atoms with Crippen LogP contribution in [0.3, 0.4) is 0 Å². The van der Waals surface area contributed by atoms with Crippen LogP contribution in [-0.2, 0) is 42.3 Å². The van der Waals surface area contributed by atoms with Crippen LogP contribution in [0.2, 0.25) is 0 Å². The van der Waals surface area contributed by atoms with Gasteiger partial charge in [-0.15, -0.1) is 0 Å². The van der Waals surface area contributed by atoms with Crippen molar-refractivity contribution in [2.24, 2.45) is 0 Å². The second-order valence-corrected chi connectivity index (χ2v) is 12.8. The van der Waals surface area contributed by atoms with E-state index >= 15 is 0 Å². The maximum absolute atomic E-state index is 13.3. The number of imidazole rings is 2. The van der Waals surface area contributed by atoms with E-state index in [0.29, 0.717) is 11.2 Å². The molecule has 3 aliphatic rings. The second kappa shape index (κ2) is 10.9. The topological polar surface area (TPSA) is 272 Å². The molecule has 3 aliphatic heterocycles. The van der Waals surface area contributed by atoms with Gasteiger partial charge in [-0.05, 0) is 0 Å². The van der Waals surface area contributed by atoms with Crippen molar-refractivity contribution >= 4 is 46.3 Å². The number of nitrogens with zero attached hydrogens (tertiary/aromatic N) is 7. The average molecular weight is 657 g/mol. The number of hydrogen-bond donors (Lipinski definition) is 4. The Bertz CT molecular complexity index is 1930. The van der Waals surface area contributed by atoms with Crippen LogP contribution in [0.5, 0.6) is 0 Å². The van der Waals surface area contributed by atoms with E-state index in [0.717, 1.165) is 6.33 Å². The predicted molar refractivity (Wildman–Crippen MR) is 144 cm³/mol. The Morgan fingerprint density at radius 1 is 1.07 bits per heavy atom. The van der Waals surface area contributed by atoms with Crippen molar-refractivity contribution in [2.45, 2.75) is 49.4 Å². The quantitative estimate of drug-likeness (QED) is 0.182. The van der Waals surface area contributed by atoms with Gasteiger partial charge in [-0.25, -0.2) is 33.7 Å². The van der Waals surface area contributed by atoms with Crippen molar-refractivity contribution in [3.63, 3.8) is 0 Å². The molecule has 3 fully saturated rings.